The highest BCUT2D eigenvalue weighted by atomic mass is 16.5. The number of carbonyl (C=O) groups is 1. The summed E-state index contributed by atoms with van der Waals surface area (Å²) in [4.78, 5) is 14.3. The first-order valence-electron chi connectivity index (χ1n) is 6.06. The molecule has 1 atom stereocenters. The van der Waals surface area contributed by atoms with Crippen LogP contribution in [0.15, 0.2) is 30.5 Å². The Bertz CT molecular complexity index is 533. The quantitative estimate of drug-likeness (QED) is 0.795. The minimum absolute atomic E-state index is 0.103. The lowest BCUT2D eigenvalue weighted by molar-refractivity contribution is -0.141. The second-order valence-corrected chi connectivity index (χ2v) is 4.42. The number of hydrogen-bond donors (Lipinski definition) is 2. The monoisotopic (exact) mass is 246 g/mol. The molecule has 0 saturated carbocycles. The van der Waals surface area contributed by atoms with Crippen molar-refractivity contribution in [2.75, 3.05) is 7.11 Å². The lowest BCUT2D eigenvalue weighted by atomic mass is 10.1. The molecule has 1 heterocycles. The summed E-state index contributed by atoms with van der Waals surface area (Å²) in [7, 11) is 1.41. The number of methoxy groups -OCH3 is 1. The molecule has 0 saturated heterocycles. The summed E-state index contributed by atoms with van der Waals surface area (Å²) in [6.45, 7) is 2.72. The van der Waals surface area contributed by atoms with E-state index in [9.17, 15) is 4.79 Å². The van der Waals surface area contributed by atoms with Crippen LogP contribution in [0.2, 0.25) is 0 Å². The van der Waals surface area contributed by atoms with Crippen molar-refractivity contribution < 1.29 is 9.53 Å². The van der Waals surface area contributed by atoms with Crippen LogP contribution >= 0.6 is 0 Å². The summed E-state index contributed by atoms with van der Waals surface area (Å²) in [5, 5.41) is 4.55. The number of esters is 1. The van der Waals surface area contributed by atoms with Crippen molar-refractivity contribution in [2.24, 2.45) is 0 Å². The molecule has 0 fully saturated rings. The molecule has 4 heteroatoms. The van der Waals surface area contributed by atoms with Crippen LogP contribution in [0.1, 0.15) is 18.9 Å². The average molecular weight is 246 g/mol. The van der Waals surface area contributed by atoms with Gasteiger partial charge in [-0.1, -0.05) is 12.1 Å². The normalized spacial score (nSPS) is 12.6. The summed E-state index contributed by atoms with van der Waals surface area (Å²) >= 11 is 0. The fraction of sp³-hybridized carbons (Fsp3) is 0.357. The molecule has 0 radical (unpaired) electrons. The van der Waals surface area contributed by atoms with E-state index in [0.29, 0.717) is 6.42 Å². The topological polar surface area (TPSA) is 54.1 Å². The highest BCUT2D eigenvalue weighted by Gasteiger charge is 2.09. The van der Waals surface area contributed by atoms with Crippen LogP contribution in [0.3, 0.4) is 0 Å². The molecule has 0 aliphatic carbocycles. The number of hydrogen-bond acceptors (Lipinski definition) is 3. The van der Waals surface area contributed by atoms with E-state index in [1.54, 1.807) is 0 Å². The number of fused-ring (bicyclic) bond motifs is 1. The van der Waals surface area contributed by atoms with Crippen molar-refractivity contribution >= 4 is 16.9 Å². The maximum atomic E-state index is 11.1. The largest absolute Gasteiger partial charge is 0.469 e. The minimum Gasteiger partial charge on any atom is -0.469 e. The number of aromatic amines is 1. The van der Waals surface area contributed by atoms with Gasteiger partial charge in [0.2, 0.25) is 0 Å². The van der Waals surface area contributed by atoms with E-state index in [4.69, 9.17) is 0 Å². The SMILES string of the molecule is COC(=O)CC(C)NCc1cccc2[nH]ccc12. The molecule has 2 aromatic rings. The summed E-state index contributed by atoms with van der Waals surface area (Å²) < 4.78 is 4.65. The number of nitrogens with one attached hydrogen (secondary N) is 2. The number of rotatable bonds is 5. The maximum Gasteiger partial charge on any atom is 0.307 e. The number of ether oxygens (including phenoxy) is 1. The van der Waals surface area contributed by atoms with Crippen molar-refractivity contribution in [2.45, 2.75) is 25.9 Å². The zero-order valence-corrected chi connectivity index (χ0v) is 10.7. The van der Waals surface area contributed by atoms with E-state index in [0.717, 1.165) is 12.1 Å². The Hall–Kier alpha value is -1.81. The molecule has 96 valence electrons. The van der Waals surface area contributed by atoms with Crippen LogP contribution in [-0.4, -0.2) is 24.1 Å². The van der Waals surface area contributed by atoms with Crippen LogP contribution in [0.25, 0.3) is 10.9 Å². The maximum absolute atomic E-state index is 11.1. The van der Waals surface area contributed by atoms with Crippen molar-refractivity contribution in [1.82, 2.24) is 10.3 Å². The third-order valence-electron chi connectivity index (χ3n) is 3.03. The lowest BCUT2D eigenvalue weighted by Gasteiger charge is -2.13. The Morgan fingerprint density at radius 1 is 1.44 bits per heavy atom. The summed E-state index contributed by atoms with van der Waals surface area (Å²) in [5.41, 5.74) is 2.36. The second-order valence-electron chi connectivity index (χ2n) is 4.42. The molecule has 1 unspecified atom stereocenters. The smallest absolute Gasteiger partial charge is 0.307 e. The number of benzene rings is 1. The summed E-state index contributed by atoms with van der Waals surface area (Å²) in [6.07, 6.45) is 2.33. The van der Waals surface area contributed by atoms with Gasteiger partial charge in [0, 0.05) is 29.7 Å². The molecule has 0 amide bonds. The Morgan fingerprint density at radius 3 is 3.06 bits per heavy atom. The highest BCUT2D eigenvalue weighted by molar-refractivity contribution is 5.82. The van der Waals surface area contributed by atoms with Crippen molar-refractivity contribution in [3.63, 3.8) is 0 Å². The highest BCUT2D eigenvalue weighted by Crippen LogP contribution is 2.17. The predicted octanol–water partition coefficient (Wildman–Crippen LogP) is 2.21. The standard InChI is InChI=1S/C14H18N2O2/c1-10(8-14(17)18-2)16-9-11-4-3-5-13-12(11)6-7-15-13/h3-7,10,15-16H,8-9H2,1-2H3. The molecule has 2 rings (SSSR count). The summed E-state index contributed by atoms with van der Waals surface area (Å²) in [6, 6.07) is 8.34. The fourth-order valence-corrected chi connectivity index (χ4v) is 1.99. The van der Waals surface area contributed by atoms with Crippen molar-refractivity contribution in [3.05, 3.63) is 36.0 Å². The molecule has 1 aromatic heterocycles. The van der Waals surface area contributed by atoms with Gasteiger partial charge in [-0.05, 0) is 24.6 Å². The molecular weight excluding hydrogens is 228 g/mol. The van der Waals surface area contributed by atoms with E-state index in [1.807, 2.05) is 19.2 Å². The van der Waals surface area contributed by atoms with Gasteiger partial charge in [0.05, 0.1) is 13.5 Å². The van der Waals surface area contributed by atoms with E-state index in [2.05, 4.69) is 33.2 Å². The molecule has 18 heavy (non-hydrogen) atoms. The third kappa shape index (κ3) is 2.90. The molecule has 0 bridgehead atoms. The zero-order chi connectivity index (χ0) is 13.0. The van der Waals surface area contributed by atoms with Crippen LogP contribution < -0.4 is 5.32 Å². The van der Waals surface area contributed by atoms with Gasteiger partial charge >= 0.3 is 5.97 Å². The molecule has 0 aliphatic heterocycles. The van der Waals surface area contributed by atoms with Crippen LogP contribution in [-0.2, 0) is 16.1 Å². The van der Waals surface area contributed by atoms with E-state index in [1.165, 1.54) is 18.1 Å². The number of H-pyrrole nitrogens is 1. The van der Waals surface area contributed by atoms with Gasteiger partial charge in [-0.3, -0.25) is 4.79 Å². The molecule has 0 aliphatic rings. The molecule has 2 N–H and O–H groups in total. The minimum atomic E-state index is -0.185. The van der Waals surface area contributed by atoms with Crippen LogP contribution in [0.5, 0.6) is 0 Å². The second kappa shape index (κ2) is 5.69. The van der Waals surface area contributed by atoms with Gasteiger partial charge < -0.3 is 15.0 Å². The number of aromatic nitrogens is 1. The lowest BCUT2D eigenvalue weighted by Crippen LogP contribution is -2.28. The van der Waals surface area contributed by atoms with Gasteiger partial charge in [0.1, 0.15) is 0 Å². The average Bonchev–Trinajstić information content (AvgIpc) is 2.84. The first-order valence-corrected chi connectivity index (χ1v) is 6.06. The van der Waals surface area contributed by atoms with E-state index >= 15 is 0 Å². The predicted molar refractivity (Wildman–Crippen MR) is 71.2 cm³/mol. The summed E-state index contributed by atoms with van der Waals surface area (Å²) in [5.74, 6) is -0.185. The zero-order valence-electron chi connectivity index (χ0n) is 10.7. The van der Waals surface area contributed by atoms with Crippen molar-refractivity contribution in [1.29, 1.82) is 0 Å². The van der Waals surface area contributed by atoms with Gasteiger partial charge in [-0.25, -0.2) is 0 Å². The molecule has 0 spiro atoms. The first-order chi connectivity index (χ1) is 8.70. The van der Waals surface area contributed by atoms with Gasteiger partial charge in [-0.15, -0.1) is 0 Å². The first kappa shape index (κ1) is 12.6. The fourth-order valence-electron chi connectivity index (χ4n) is 1.99. The van der Waals surface area contributed by atoms with Crippen LogP contribution in [0.4, 0.5) is 0 Å². The van der Waals surface area contributed by atoms with E-state index in [-0.39, 0.29) is 12.0 Å². The Morgan fingerprint density at radius 2 is 2.28 bits per heavy atom. The Balaban J connectivity index is 1.97. The Labute approximate surface area is 106 Å². The Kier molecular flexibility index (Phi) is 3.99. The van der Waals surface area contributed by atoms with Gasteiger partial charge in [-0.2, -0.15) is 0 Å². The van der Waals surface area contributed by atoms with Gasteiger partial charge in [0.15, 0.2) is 0 Å². The van der Waals surface area contributed by atoms with E-state index < -0.39 is 0 Å². The molecular formula is C14H18N2O2. The van der Waals surface area contributed by atoms with Crippen LogP contribution in [0, 0.1) is 0 Å². The van der Waals surface area contributed by atoms with Crippen molar-refractivity contribution in [3.8, 4) is 0 Å². The number of carbonyl (C=O) groups excluding carboxylic acids is 1. The molecule has 1 aromatic carbocycles. The third-order valence-corrected chi connectivity index (χ3v) is 3.03. The molecule has 4 nitrogen and oxygen atoms in total. The van der Waals surface area contributed by atoms with Gasteiger partial charge in [0.25, 0.3) is 0 Å².